The first-order chi connectivity index (χ1) is 7.39. The molecule has 0 N–H and O–H groups in total. The molecule has 0 amide bonds. The molecule has 5 atom stereocenters. The van der Waals surface area contributed by atoms with Gasteiger partial charge in [-0.15, -0.1) is 0 Å². The molecule has 3 fully saturated rings. The van der Waals surface area contributed by atoms with Gasteiger partial charge in [-0.2, -0.15) is 0 Å². The Morgan fingerprint density at radius 2 is 1.81 bits per heavy atom. The van der Waals surface area contributed by atoms with Crippen molar-refractivity contribution in [1.82, 2.24) is 0 Å². The van der Waals surface area contributed by atoms with Crippen LogP contribution in [0.2, 0.25) is 0 Å². The Kier molecular flexibility index (Phi) is 1.97. The zero-order chi connectivity index (χ0) is 11.7. The van der Waals surface area contributed by atoms with Gasteiger partial charge >= 0.3 is 0 Å². The summed E-state index contributed by atoms with van der Waals surface area (Å²) < 4.78 is 0. The molecule has 0 aromatic carbocycles. The van der Waals surface area contributed by atoms with Gasteiger partial charge in [0.25, 0.3) is 0 Å². The van der Waals surface area contributed by atoms with Crippen molar-refractivity contribution in [3.63, 3.8) is 0 Å². The number of rotatable bonds is 0. The predicted octanol–water partition coefficient (Wildman–Crippen LogP) is 3.67. The van der Waals surface area contributed by atoms with Crippen LogP contribution in [0.5, 0.6) is 0 Å². The fourth-order valence-electron chi connectivity index (χ4n) is 5.20. The largest absolute Gasteiger partial charge is 0.299 e. The molecular formula is C15H24O. The van der Waals surface area contributed by atoms with Crippen LogP contribution in [-0.2, 0) is 4.79 Å². The van der Waals surface area contributed by atoms with Crippen molar-refractivity contribution in [1.29, 1.82) is 0 Å². The number of hydrogen-bond acceptors (Lipinski definition) is 1. The van der Waals surface area contributed by atoms with E-state index >= 15 is 0 Å². The van der Waals surface area contributed by atoms with E-state index in [9.17, 15) is 4.79 Å². The molecule has 3 rings (SSSR count). The van der Waals surface area contributed by atoms with E-state index in [0.717, 1.165) is 37.0 Å². The molecule has 0 unspecified atom stereocenters. The molecule has 90 valence electrons. The van der Waals surface area contributed by atoms with E-state index in [-0.39, 0.29) is 5.41 Å². The van der Waals surface area contributed by atoms with Crippen molar-refractivity contribution >= 4 is 5.78 Å². The van der Waals surface area contributed by atoms with Crippen molar-refractivity contribution in [2.24, 2.45) is 34.5 Å². The second-order valence-electron chi connectivity index (χ2n) is 7.37. The second-order valence-corrected chi connectivity index (χ2v) is 7.37. The minimum atomic E-state index is 0.0343. The summed E-state index contributed by atoms with van der Waals surface area (Å²) in [5, 5.41) is 0. The highest BCUT2D eigenvalue weighted by Gasteiger charge is 2.68. The van der Waals surface area contributed by atoms with Crippen LogP contribution < -0.4 is 0 Å². The summed E-state index contributed by atoms with van der Waals surface area (Å²) >= 11 is 0. The van der Waals surface area contributed by atoms with Crippen LogP contribution in [0.15, 0.2) is 0 Å². The fraction of sp³-hybridized carbons (Fsp3) is 0.933. The number of ketones is 1. The maximum atomic E-state index is 12.3. The summed E-state index contributed by atoms with van der Waals surface area (Å²) in [7, 11) is 0. The lowest BCUT2D eigenvalue weighted by Crippen LogP contribution is -2.34. The standard InChI is InChI=1S/C15H24O/c1-9-7-8-15(4)11(16)6-5-10-13(12(9)15)14(10,2)3/h9-10,12-13H,5-8H2,1-4H3/t9-,10+,12+,13+,15-/m1/s1. The summed E-state index contributed by atoms with van der Waals surface area (Å²) in [5.74, 6) is 3.69. The molecule has 1 nitrogen and oxygen atoms in total. The Labute approximate surface area is 99.0 Å². The van der Waals surface area contributed by atoms with Gasteiger partial charge in [-0.1, -0.05) is 27.7 Å². The molecule has 0 aromatic rings. The third-order valence-electron chi connectivity index (χ3n) is 6.31. The van der Waals surface area contributed by atoms with Crippen LogP contribution in [0.1, 0.15) is 53.4 Å². The average molecular weight is 220 g/mol. The molecule has 0 spiro atoms. The smallest absolute Gasteiger partial charge is 0.139 e. The van der Waals surface area contributed by atoms with E-state index in [1.807, 2.05) is 0 Å². The van der Waals surface area contributed by atoms with E-state index in [2.05, 4.69) is 27.7 Å². The molecule has 3 saturated carbocycles. The van der Waals surface area contributed by atoms with Gasteiger partial charge in [-0.25, -0.2) is 0 Å². The third kappa shape index (κ3) is 1.10. The molecule has 3 aliphatic rings. The molecule has 0 bridgehead atoms. The molecule has 16 heavy (non-hydrogen) atoms. The Hall–Kier alpha value is -0.330. The highest BCUT2D eigenvalue weighted by atomic mass is 16.1. The Morgan fingerprint density at radius 3 is 2.50 bits per heavy atom. The van der Waals surface area contributed by atoms with Gasteiger partial charge in [-0.3, -0.25) is 4.79 Å². The lowest BCUT2D eigenvalue weighted by atomic mass is 9.70. The summed E-state index contributed by atoms with van der Waals surface area (Å²) in [6.45, 7) is 9.48. The molecule has 0 aliphatic heterocycles. The van der Waals surface area contributed by atoms with Crippen LogP contribution in [-0.4, -0.2) is 5.78 Å². The highest BCUT2D eigenvalue weighted by Crippen LogP contribution is 2.72. The van der Waals surface area contributed by atoms with Crippen LogP contribution >= 0.6 is 0 Å². The first kappa shape index (κ1) is 10.8. The lowest BCUT2D eigenvalue weighted by Gasteiger charge is -2.32. The highest BCUT2D eigenvalue weighted by molar-refractivity contribution is 5.85. The van der Waals surface area contributed by atoms with Crippen molar-refractivity contribution in [3.05, 3.63) is 0 Å². The molecule has 0 radical (unpaired) electrons. The van der Waals surface area contributed by atoms with Crippen LogP contribution in [0, 0.1) is 34.5 Å². The quantitative estimate of drug-likeness (QED) is 0.608. The normalized spacial score (nSPS) is 54.1. The SMILES string of the molecule is C[C@@H]1CC[C@]2(C)C(=O)CC[C@H]3[C@@H]([C@H]12)C3(C)C. The summed E-state index contributed by atoms with van der Waals surface area (Å²) in [6, 6.07) is 0. The summed E-state index contributed by atoms with van der Waals surface area (Å²) in [4.78, 5) is 12.3. The summed E-state index contributed by atoms with van der Waals surface area (Å²) in [6.07, 6.45) is 4.43. The van der Waals surface area contributed by atoms with Gasteiger partial charge in [0.1, 0.15) is 5.78 Å². The Balaban J connectivity index is 2.01. The van der Waals surface area contributed by atoms with E-state index in [1.54, 1.807) is 0 Å². The van der Waals surface area contributed by atoms with E-state index < -0.39 is 0 Å². The van der Waals surface area contributed by atoms with Gasteiger partial charge in [0.2, 0.25) is 0 Å². The minimum Gasteiger partial charge on any atom is -0.299 e. The monoisotopic (exact) mass is 220 g/mol. The Morgan fingerprint density at radius 1 is 1.12 bits per heavy atom. The van der Waals surface area contributed by atoms with Gasteiger partial charge in [0.05, 0.1) is 0 Å². The topological polar surface area (TPSA) is 17.1 Å². The minimum absolute atomic E-state index is 0.0343. The predicted molar refractivity (Wildman–Crippen MR) is 65.0 cm³/mol. The molecule has 0 saturated heterocycles. The van der Waals surface area contributed by atoms with Crippen LogP contribution in [0.4, 0.5) is 0 Å². The molecular weight excluding hydrogens is 196 g/mol. The zero-order valence-corrected chi connectivity index (χ0v) is 11.0. The first-order valence-corrected chi connectivity index (χ1v) is 6.92. The molecule has 0 heterocycles. The molecule has 0 aromatic heterocycles. The van der Waals surface area contributed by atoms with Crippen molar-refractivity contribution in [3.8, 4) is 0 Å². The van der Waals surface area contributed by atoms with Crippen molar-refractivity contribution < 1.29 is 4.79 Å². The maximum Gasteiger partial charge on any atom is 0.139 e. The van der Waals surface area contributed by atoms with Gasteiger partial charge in [-0.05, 0) is 48.3 Å². The van der Waals surface area contributed by atoms with Gasteiger partial charge < -0.3 is 0 Å². The van der Waals surface area contributed by atoms with Crippen molar-refractivity contribution in [2.45, 2.75) is 53.4 Å². The number of carbonyl (C=O) groups is 1. The maximum absolute atomic E-state index is 12.3. The lowest BCUT2D eigenvalue weighted by molar-refractivity contribution is -0.130. The number of Topliss-reactive ketones (excluding diaryl/α,β-unsaturated/α-hetero) is 1. The summed E-state index contributed by atoms with van der Waals surface area (Å²) in [5.41, 5.74) is 0.553. The van der Waals surface area contributed by atoms with Crippen molar-refractivity contribution in [2.75, 3.05) is 0 Å². The van der Waals surface area contributed by atoms with Gasteiger partial charge in [0.15, 0.2) is 0 Å². The number of hydrogen-bond donors (Lipinski definition) is 0. The molecule has 3 aliphatic carbocycles. The van der Waals surface area contributed by atoms with E-state index in [0.29, 0.717) is 17.1 Å². The first-order valence-electron chi connectivity index (χ1n) is 6.92. The fourth-order valence-corrected chi connectivity index (χ4v) is 5.20. The second kappa shape index (κ2) is 2.91. The van der Waals surface area contributed by atoms with Gasteiger partial charge in [0, 0.05) is 11.8 Å². The van der Waals surface area contributed by atoms with Crippen LogP contribution in [0.3, 0.4) is 0 Å². The van der Waals surface area contributed by atoms with Crippen LogP contribution in [0.25, 0.3) is 0 Å². The molecule has 1 heteroatoms. The average Bonchev–Trinajstić information content (AvgIpc) is 2.64. The Bertz CT molecular complexity index is 343. The van der Waals surface area contributed by atoms with E-state index in [4.69, 9.17) is 0 Å². The van der Waals surface area contributed by atoms with E-state index in [1.165, 1.54) is 6.42 Å². The number of carbonyl (C=O) groups excluding carboxylic acids is 1. The zero-order valence-electron chi connectivity index (χ0n) is 11.0. The number of fused-ring (bicyclic) bond motifs is 3. The third-order valence-corrected chi connectivity index (χ3v) is 6.31.